The highest BCUT2D eigenvalue weighted by atomic mass is 79.9. The Hall–Kier alpha value is -1.56. The lowest BCUT2D eigenvalue weighted by Gasteiger charge is -2.16. The number of hydrogen-bond acceptors (Lipinski definition) is 3. The van der Waals surface area contributed by atoms with Gasteiger partial charge in [-0.25, -0.2) is 9.59 Å². The van der Waals surface area contributed by atoms with Crippen LogP contribution in [0.5, 0.6) is 0 Å². The predicted molar refractivity (Wildman–Crippen MR) is 59.8 cm³/mol. The largest absolute Gasteiger partial charge is 0.478 e. The van der Waals surface area contributed by atoms with Gasteiger partial charge in [0.05, 0.1) is 17.8 Å². The molecular formula is C10H8BrNO4. The van der Waals surface area contributed by atoms with E-state index >= 15 is 0 Å². The number of carbonyl (C=O) groups is 2. The molecule has 0 unspecified atom stereocenters. The first-order valence-corrected chi connectivity index (χ1v) is 5.36. The van der Waals surface area contributed by atoms with Crippen LogP contribution in [0.4, 0.5) is 10.5 Å². The number of benzene rings is 1. The lowest BCUT2D eigenvalue weighted by atomic mass is 10.1. The molecule has 16 heavy (non-hydrogen) atoms. The zero-order valence-corrected chi connectivity index (χ0v) is 9.73. The van der Waals surface area contributed by atoms with E-state index in [0.29, 0.717) is 16.7 Å². The van der Waals surface area contributed by atoms with Gasteiger partial charge in [0.25, 0.3) is 0 Å². The normalized spacial score (nSPS) is 15.1. The summed E-state index contributed by atoms with van der Waals surface area (Å²) < 4.78 is 5.34. The van der Waals surface area contributed by atoms with Crippen molar-refractivity contribution in [3.8, 4) is 0 Å². The second kappa shape index (κ2) is 4.13. The highest BCUT2D eigenvalue weighted by Crippen LogP contribution is 2.32. The number of amides is 1. The van der Waals surface area contributed by atoms with Gasteiger partial charge in [-0.05, 0) is 28.1 Å². The molecule has 2 rings (SSSR count). The number of carboxylic acid groups (broad SMARTS) is 1. The Morgan fingerprint density at radius 1 is 1.50 bits per heavy atom. The maximum atomic E-state index is 11.4. The molecule has 1 saturated heterocycles. The zero-order chi connectivity index (χ0) is 11.7. The summed E-state index contributed by atoms with van der Waals surface area (Å²) in [7, 11) is 0. The summed E-state index contributed by atoms with van der Waals surface area (Å²) >= 11 is 3.24. The summed E-state index contributed by atoms with van der Waals surface area (Å²) in [6, 6.07) is 4.75. The number of para-hydroxylation sites is 1. The smallest absolute Gasteiger partial charge is 0.414 e. The van der Waals surface area contributed by atoms with Gasteiger partial charge >= 0.3 is 12.1 Å². The molecule has 0 saturated carbocycles. The Morgan fingerprint density at radius 2 is 2.25 bits per heavy atom. The maximum Gasteiger partial charge on any atom is 0.414 e. The molecule has 1 N–H and O–H groups in total. The van der Waals surface area contributed by atoms with Crippen LogP contribution in [0.2, 0.25) is 0 Å². The van der Waals surface area contributed by atoms with Crippen molar-refractivity contribution in [1.29, 1.82) is 0 Å². The summed E-state index contributed by atoms with van der Waals surface area (Å²) in [6.07, 6.45) is -0.519. The average Bonchev–Trinajstić information content (AvgIpc) is 2.64. The van der Waals surface area contributed by atoms with E-state index in [4.69, 9.17) is 9.84 Å². The minimum Gasteiger partial charge on any atom is -0.478 e. The predicted octanol–water partition coefficient (Wildman–Crippen LogP) is 2.10. The van der Waals surface area contributed by atoms with Gasteiger partial charge < -0.3 is 9.84 Å². The van der Waals surface area contributed by atoms with E-state index in [9.17, 15) is 9.59 Å². The Balaban J connectivity index is 2.53. The topological polar surface area (TPSA) is 66.8 Å². The van der Waals surface area contributed by atoms with E-state index in [1.54, 1.807) is 12.1 Å². The maximum absolute atomic E-state index is 11.4. The van der Waals surface area contributed by atoms with Crippen molar-refractivity contribution in [3.05, 3.63) is 28.2 Å². The van der Waals surface area contributed by atoms with Crippen LogP contribution in [0.1, 0.15) is 10.4 Å². The van der Waals surface area contributed by atoms with Gasteiger partial charge in [-0.15, -0.1) is 0 Å². The third-order valence-electron chi connectivity index (χ3n) is 2.25. The molecule has 0 aliphatic carbocycles. The molecule has 1 aromatic carbocycles. The number of halogens is 1. The van der Waals surface area contributed by atoms with Gasteiger partial charge in [0.15, 0.2) is 0 Å². The van der Waals surface area contributed by atoms with Crippen molar-refractivity contribution < 1.29 is 19.4 Å². The van der Waals surface area contributed by atoms with Gasteiger partial charge in [-0.1, -0.05) is 6.07 Å². The number of rotatable bonds is 2. The van der Waals surface area contributed by atoms with E-state index < -0.39 is 12.1 Å². The number of cyclic esters (lactones) is 1. The molecule has 1 fully saturated rings. The fraction of sp³-hybridized carbons (Fsp3) is 0.200. The first kappa shape index (κ1) is 10.9. The molecular weight excluding hydrogens is 278 g/mol. The Labute approximate surface area is 99.7 Å². The van der Waals surface area contributed by atoms with Crippen LogP contribution in [0.25, 0.3) is 0 Å². The summed E-state index contributed by atoms with van der Waals surface area (Å²) in [5, 5.41) is 9.04. The lowest BCUT2D eigenvalue weighted by Crippen LogP contribution is -2.26. The molecule has 0 spiro atoms. The second-order valence-corrected chi connectivity index (χ2v) is 4.06. The Bertz CT molecular complexity index is 460. The number of nitrogens with zero attached hydrogens (tertiary/aromatic N) is 1. The Morgan fingerprint density at radius 3 is 2.81 bits per heavy atom. The third kappa shape index (κ3) is 1.76. The SMILES string of the molecule is O=C(O)c1cccc(Br)c1N1CCOC1=O. The average molecular weight is 286 g/mol. The Kier molecular flexibility index (Phi) is 2.82. The molecule has 5 nitrogen and oxygen atoms in total. The molecule has 84 valence electrons. The van der Waals surface area contributed by atoms with Gasteiger partial charge in [0.2, 0.25) is 0 Å². The standard InChI is InChI=1S/C10H8BrNO4/c11-7-3-1-2-6(9(13)14)8(7)12-4-5-16-10(12)15/h1-3H,4-5H2,(H,13,14). The second-order valence-electron chi connectivity index (χ2n) is 3.21. The van der Waals surface area contributed by atoms with Gasteiger partial charge in [-0.2, -0.15) is 0 Å². The first-order valence-electron chi connectivity index (χ1n) is 4.57. The molecule has 0 atom stereocenters. The van der Waals surface area contributed by atoms with Crippen LogP contribution in [0.15, 0.2) is 22.7 Å². The molecule has 1 aliphatic rings. The van der Waals surface area contributed by atoms with E-state index in [2.05, 4.69) is 15.9 Å². The molecule has 6 heteroatoms. The number of anilines is 1. The highest BCUT2D eigenvalue weighted by Gasteiger charge is 2.29. The monoisotopic (exact) mass is 285 g/mol. The number of ether oxygens (including phenoxy) is 1. The molecule has 1 aromatic rings. The highest BCUT2D eigenvalue weighted by molar-refractivity contribution is 9.10. The van der Waals surface area contributed by atoms with E-state index in [-0.39, 0.29) is 12.2 Å². The van der Waals surface area contributed by atoms with Crippen molar-refractivity contribution in [3.63, 3.8) is 0 Å². The van der Waals surface area contributed by atoms with Crippen LogP contribution in [0.3, 0.4) is 0 Å². The first-order chi connectivity index (χ1) is 7.61. The van der Waals surface area contributed by atoms with Crippen molar-refractivity contribution in [2.45, 2.75) is 0 Å². The van der Waals surface area contributed by atoms with Crippen molar-refractivity contribution >= 4 is 33.7 Å². The fourth-order valence-electron chi connectivity index (χ4n) is 1.56. The van der Waals surface area contributed by atoms with Gasteiger partial charge in [0, 0.05) is 4.47 Å². The molecule has 0 radical (unpaired) electrons. The van der Waals surface area contributed by atoms with Gasteiger partial charge in [-0.3, -0.25) is 4.90 Å². The summed E-state index contributed by atoms with van der Waals surface area (Å²) in [5.74, 6) is -1.07. The third-order valence-corrected chi connectivity index (χ3v) is 2.89. The molecule has 1 aliphatic heterocycles. The number of hydrogen-bond donors (Lipinski definition) is 1. The van der Waals surface area contributed by atoms with E-state index in [1.165, 1.54) is 11.0 Å². The van der Waals surface area contributed by atoms with Crippen LogP contribution in [-0.2, 0) is 4.74 Å². The minimum atomic E-state index is -1.07. The quantitative estimate of drug-likeness (QED) is 0.904. The summed E-state index contributed by atoms with van der Waals surface area (Å²) in [5.41, 5.74) is 0.422. The van der Waals surface area contributed by atoms with Crippen molar-refractivity contribution in [1.82, 2.24) is 0 Å². The fourth-order valence-corrected chi connectivity index (χ4v) is 2.14. The van der Waals surface area contributed by atoms with Crippen LogP contribution >= 0.6 is 15.9 Å². The molecule has 0 bridgehead atoms. The van der Waals surface area contributed by atoms with E-state index in [1.807, 2.05) is 0 Å². The van der Waals surface area contributed by atoms with Crippen LogP contribution in [0, 0.1) is 0 Å². The number of carboxylic acids is 1. The molecule has 1 amide bonds. The number of carbonyl (C=O) groups excluding carboxylic acids is 1. The molecule has 1 heterocycles. The molecule has 0 aromatic heterocycles. The van der Waals surface area contributed by atoms with Crippen molar-refractivity contribution in [2.24, 2.45) is 0 Å². The van der Waals surface area contributed by atoms with Crippen molar-refractivity contribution in [2.75, 3.05) is 18.1 Å². The zero-order valence-electron chi connectivity index (χ0n) is 8.14. The van der Waals surface area contributed by atoms with Crippen LogP contribution < -0.4 is 4.90 Å². The van der Waals surface area contributed by atoms with E-state index in [0.717, 1.165) is 0 Å². The number of aromatic carboxylic acids is 1. The lowest BCUT2D eigenvalue weighted by molar-refractivity contribution is 0.0697. The minimum absolute atomic E-state index is 0.0771. The van der Waals surface area contributed by atoms with Crippen LogP contribution in [-0.4, -0.2) is 30.3 Å². The summed E-state index contributed by atoms with van der Waals surface area (Å²) in [6.45, 7) is 0.640. The summed E-state index contributed by atoms with van der Waals surface area (Å²) in [4.78, 5) is 23.7. The van der Waals surface area contributed by atoms with Gasteiger partial charge in [0.1, 0.15) is 6.61 Å².